The molecule has 0 radical (unpaired) electrons. The number of carbonyl (C=O) groups excluding carboxylic acids is 1. The van der Waals surface area contributed by atoms with E-state index < -0.39 is 12.1 Å². The summed E-state index contributed by atoms with van der Waals surface area (Å²) in [6, 6.07) is -0.649. The Labute approximate surface area is 411 Å². The smallest absolute Gasteiger partial charge is 0.220 e. The fraction of sp³-hybridized carbons (Fsp3) is 0.726. The number of allylic oxidation sites excluding steroid dienone is 15. The Balaban J connectivity index is 3.59. The topological polar surface area (TPSA) is 69.6 Å². The van der Waals surface area contributed by atoms with Gasteiger partial charge in [0.25, 0.3) is 0 Å². The van der Waals surface area contributed by atoms with Gasteiger partial charge in [0.2, 0.25) is 5.91 Å². The summed E-state index contributed by atoms with van der Waals surface area (Å²) in [5.74, 6) is -0.0970. The summed E-state index contributed by atoms with van der Waals surface area (Å²) in [6.07, 6.45) is 84.3. The van der Waals surface area contributed by atoms with Crippen LogP contribution in [-0.4, -0.2) is 34.9 Å². The summed E-state index contributed by atoms with van der Waals surface area (Å²) < 4.78 is 0. The molecule has 0 spiro atoms. The first-order valence-corrected chi connectivity index (χ1v) is 28.5. The maximum Gasteiger partial charge on any atom is 0.220 e. The molecule has 2 unspecified atom stereocenters. The Kier molecular flexibility index (Phi) is 54.3. The zero-order chi connectivity index (χ0) is 47.7. The van der Waals surface area contributed by atoms with Gasteiger partial charge < -0.3 is 15.5 Å². The number of amides is 1. The van der Waals surface area contributed by atoms with Gasteiger partial charge in [0, 0.05) is 6.42 Å². The minimum atomic E-state index is -0.862. The first kappa shape index (κ1) is 63.3. The molecule has 0 aromatic heterocycles. The lowest BCUT2D eigenvalue weighted by Crippen LogP contribution is -2.45. The molecule has 2 atom stereocenters. The van der Waals surface area contributed by atoms with Gasteiger partial charge >= 0.3 is 0 Å². The van der Waals surface area contributed by atoms with Gasteiger partial charge in [-0.1, -0.05) is 284 Å². The summed E-state index contributed by atoms with van der Waals surface area (Å²) in [4.78, 5) is 12.5. The molecular formula is C62H109NO3. The average Bonchev–Trinajstić information content (AvgIpc) is 3.32. The lowest BCUT2D eigenvalue weighted by atomic mass is 10.0. The van der Waals surface area contributed by atoms with Crippen LogP contribution in [0.4, 0.5) is 0 Å². The molecule has 0 rings (SSSR count). The van der Waals surface area contributed by atoms with E-state index in [0.29, 0.717) is 6.42 Å². The van der Waals surface area contributed by atoms with Gasteiger partial charge in [-0.05, 0) is 77.0 Å². The first-order valence-electron chi connectivity index (χ1n) is 28.5. The summed E-state index contributed by atoms with van der Waals surface area (Å²) >= 11 is 0. The monoisotopic (exact) mass is 916 g/mol. The van der Waals surface area contributed by atoms with E-state index in [1.54, 1.807) is 6.08 Å². The zero-order valence-corrected chi connectivity index (χ0v) is 43.7. The van der Waals surface area contributed by atoms with E-state index in [1.165, 1.54) is 167 Å². The molecule has 4 heteroatoms. The van der Waals surface area contributed by atoms with Crippen LogP contribution in [0.2, 0.25) is 0 Å². The van der Waals surface area contributed by atoms with E-state index in [9.17, 15) is 15.0 Å². The Morgan fingerprint density at radius 1 is 0.379 bits per heavy atom. The molecule has 0 aromatic carbocycles. The van der Waals surface area contributed by atoms with Gasteiger partial charge in [0.1, 0.15) is 0 Å². The minimum absolute atomic E-state index is 0.0970. The zero-order valence-electron chi connectivity index (χ0n) is 43.7. The number of nitrogens with one attached hydrogen (secondary N) is 1. The SMILES string of the molecule is CC/C=C\C/C=C\C/C=C\C/C=C\C/C=C\C/C=C\C/C=C\CCCCCC(=O)NC(CO)C(O)/C=C/CCCCCCCCCCCCCCCCCCCCCCCCCCCCC. The molecule has 380 valence electrons. The molecule has 0 heterocycles. The van der Waals surface area contributed by atoms with Gasteiger partial charge in [-0.3, -0.25) is 4.79 Å². The maximum absolute atomic E-state index is 12.5. The van der Waals surface area contributed by atoms with Crippen molar-refractivity contribution in [2.24, 2.45) is 0 Å². The third-order valence-electron chi connectivity index (χ3n) is 12.6. The second kappa shape index (κ2) is 56.6. The molecular weight excluding hydrogens is 807 g/mol. The van der Waals surface area contributed by atoms with Crippen LogP contribution >= 0.6 is 0 Å². The molecule has 0 bridgehead atoms. The van der Waals surface area contributed by atoms with Crippen LogP contribution in [0.25, 0.3) is 0 Å². The normalized spacial score (nSPS) is 13.6. The van der Waals surface area contributed by atoms with E-state index >= 15 is 0 Å². The molecule has 0 aliphatic carbocycles. The minimum Gasteiger partial charge on any atom is -0.394 e. The number of aliphatic hydroxyl groups excluding tert-OH is 2. The number of carbonyl (C=O) groups is 1. The highest BCUT2D eigenvalue weighted by Gasteiger charge is 2.18. The summed E-state index contributed by atoms with van der Waals surface area (Å²) in [7, 11) is 0. The van der Waals surface area contributed by atoms with Crippen molar-refractivity contribution in [3.63, 3.8) is 0 Å². The molecule has 0 aliphatic heterocycles. The largest absolute Gasteiger partial charge is 0.394 e. The van der Waals surface area contributed by atoms with Crippen molar-refractivity contribution < 1.29 is 15.0 Å². The highest BCUT2D eigenvalue weighted by Crippen LogP contribution is 2.17. The summed E-state index contributed by atoms with van der Waals surface area (Å²) in [5.41, 5.74) is 0. The molecule has 66 heavy (non-hydrogen) atoms. The van der Waals surface area contributed by atoms with Crippen LogP contribution in [0, 0.1) is 0 Å². The highest BCUT2D eigenvalue weighted by atomic mass is 16.3. The molecule has 0 aliphatic rings. The number of hydrogen-bond donors (Lipinski definition) is 3. The molecule has 1 amide bonds. The molecule has 0 fully saturated rings. The van der Waals surface area contributed by atoms with Crippen molar-refractivity contribution in [1.29, 1.82) is 0 Å². The number of aliphatic hydroxyl groups is 2. The summed E-state index contributed by atoms with van der Waals surface area (Å²) in [5, 5.41) is 23.2. The van der Waals surface area contributed by atoms with Crippen molar-refractivity contribution in [3.05, 3.63) is 97.2 Å². The predicted octanol–water partition coefficient (Wildman–Crippen LogP) is 18.9. The molecule has 0 aromatic rings. The quantitative estimate of drug-likeness (QED) is 0.0421. The molecule has 0 saturated heterocycles. The molecule has 4 nitrogen and oxygen atoms in total. The van der Waals surface area contributed by atoms with E-state index in [0.717, 1.165) is 83.5 Å². The van der Waals surface area contributed by atoms with E-state index in [-0.39, 0.29) is 12.5 Å². The van der Waals surface area contributed by atoms with Crippen molar-refractivity contribution in [3.8, 4) is 0 Å². The Bertz CT molecular complexity index is 1220. The van der Waals surface area contributed by atoms with Crippen molar-refractivity contribution in [2.75, 3.05) is 6.61 Å². The van der Waals surface area contributed by atoms with Gasteiger partial charge in [-0.15, -0.1) is 0 Å². The third-order valence-corrected chi connectivity index (χ3v) is 12.6. The Morgan fingerprint density at radius 2 is 0.667 bits per heavy atom. The van der Waals surface area contributed by atoms with Crippen molar-refractivity contribution in [1.82, 2.24) is 5.32 Å². The lowest BCUT2D eigenvalue weighted by molar-refractivity contribution is -0.123. The highest BCUT2D eigenvalue weighted by molar-refractivity contribution is 5.76. The van der Waals surface area contributed by atoms with Crippen LogP contribution in [0.3, 0.4) is 0 Å². The van der Waals surface area contributed by atoms with Gasteiger partial charge in [0.05, 0.1) is 18.8 Å². The summed E-state index contributed by atoms with van der Waals surface area (Å²) in [6.45, 7) is 4.20. The fourth-order valence-electron chi connectivity index (χ4n) is 8.28. The second-order valence-corrected chi connectivity index (χ2v) is 19.0. The van der Waals surface area contributed by atoms with Gasteiger partial charge in [-0.2, -0.15) is 0 Å². The van der Waals surface area contributed by atoms with Crippen molar-refractivity contribution in [2.45, 2.75) is 283 Å². The number of unbranched alkanes of at least 4 members (excludes halogenated alkanes) is 30. The Hall–Kier alpha value is -2.69. The van der Waals surface area contributed by atoms with Crippen molar-refractivity contribution >= 4 is 5.91 Å². The van der Waals surface area contributed by atoms with Crippen LogP contribution in [0.5, 0.6) is 0 Å². The van der Waals surface area contributed by atoms with Gasteiger partial charge in [0.15, 0.2) is 0 Å². The molecule has 3 N–H and O–H groups in total. The fourth-order valence-corrected chi connectivity index (χ4v) is 8.28. The third kappa shape index (κ3) is 52.3. The van der Waals surface area contributed by atoms with Gasteiger partial charge in [-0.25, -0.2) is 0 Å². The van der Waals surface area contributed by atoms with E-state index in [2.05, 4.69) is 104 Å². The second-order valence-electron chi connectivity index (χ2n) is 19.0. The van der Waals surface area contributed by atoms with Crippen LogP contribution < -0.4 is 5.32 Å². The number of rotatable bonds is 51. The van der Waals surface area contributed by atoms with Crippen LogP contribution in [0.15, 0.2) is 97.2 Å². The van der Waals surface area contributed by atoms with Crippen LogP contribution in [-0.2, 0) is 4.79 Å². The Morgan fingerprint density at radius 3 is 1.00 bits per heavy atom. The standard InChI is InChI=1S/C62H109NO3/c1-3-5-7-9-11-13-15-17-19-21-23-25-27-29-30-31-32-34-35-37-39-41-43-45-47-49-51-53-55-57-61(65)60(59-64)63-62(66)58-56-54-52-50-48-46-44-42-40-38-36-33-28-26-24-22-20-18-16-14-12-10-8-6-4-2/h6,8,12,14,18,20,24,26,33,36,40,42,46,48,55,57,60-61,64-65H,3-5,7,9-11,13,15-17,19,21-23,25,27-32,34-35,37-39,41,43-45,47,49-54,56,58-59H2,1-2H3,(H,63,66)/b8-6-,14-12-,20-18-,26-24-,36-33-,42-40-,48-46-,57-55+. The molecule has 0 saturated carbocycles. The first-order chi connectivity index (χ1) is 32.7. The van der Waals surface area contributed by atoms with E-state index in [1.807, 2.05) is 6.08 Å². The predicted molar refractivity (Wildman–Crippen MR) is 294 cm³/mol. The van der Waals surface area contributed by atoms with E-state index in [4.69, 9.17) is 0 Å². The maximum atomic E-state index is 12.5. The average molecular weight is 917 g/mol. The number of hydrogen-bond acceptors (Lipinski definition) is 3. The van der Waals surface area contributed by atoms with Crippen LogP contribution in [0.1, 0.15) is 271 Å². The lowest BCUT2D eigenvalue weighted by Gasteiger charge is -2.19.